The summed E-state index contributed by atoms with van der Waals surface area (Å²) < 4.78 is 1.17. The molecule has 2 rings (SSSR count). The van der Waals surface area contributed by atoms with Gasteiger partial charge >= 0.3 is 0 Å². The first kappa shape index (κ1) is 13.1. The number of benzene rings is 1. The Bertz CT molecular complexity index is 545. The molecule has 0 amide bonds. The second kappa shape index (κ2) is 5.14. The number of aryl methyl sites for hydroxylation is 1. The van der Waals surface area contributed by atoms with Crippen molar-refractivity contribution >= 4 is 32.9 Å². The van der Waals surface area contributed by atoms with E-state index >= 15 is 0 Å². The Labute approximate surface area is 113 Å². The minimum absolute atomic E-state index is 0.707. The van der Waals surface area contributed by atoms with Crippen molar-refractivity contribution in [3.05, 3.63) is 17.1 Å². The molecule has 98 valence electrons. The average Bonchev–Trinajstić information content (AvgIpc) is 2.64. The highest BCUT2D eigenvalue weighted by atomic mass is 32.1. The summed E-state index contributed by atoms with van der Waals surface area (Å²) in [6.07, 6.45) is 1.17. The van der Waals surface area contributed by atoms with Crippen molar-refractivity contribution in [1.29, 1.82) is 0 Å². The number of aromatic nitrogens is 1. The van der Waals surface area contributed by atoms with Crippen molar-refractivity contribution in [3.8, 4) is 0 Å². The zero-order valence-electron chi connectivity index (χ0n) is 11.5. The average molecular weight is 263 g/mol. The van der Waals surface area contributed by atoms with Crippen LogP contribution in [0.3, 0.4) is 0 Å². The standard InChI is InChI=1S/C14H21N3S/c1-9(2)5-6-17(4)13-8-12-14(7-11(13)15)18-10(3)16-12/h7-9H,5-6,15H2,1-4H3. The predicted octanol–water partition coefficient (Wildman–Crippen LogP) is 3.67. The summed E-state index contributed by atoms with van der Waals surface area (Å²) in [4.78, 5) is 6.75. The highest BCUT2D eigenvalue weighted by Crippen LogP contribution is 2.31. The van der Waals surface area contributed by atoms with Gasteiger partial charge in [0.25, 0.3) is 0 Å². The molecule has 1 aromatic carbocycles. The molecular weight excluding hydrogens is 242 g/mol. The van der Waals surface area contributed by atoms with Crippen molar-refractivity contribution in [2.45, 2.75) is 27.2 Å². The molecule has 0 saturated heterocycles. The number of hydrogen-bond donors (Lipinski definition) is 1. The largest absolute Gasteiger partial charge is 0.397 e. The van der Waals surface area contributed by atoms with Crippen molar-refractivity contribution in [2.75, 3.05) is 24.2 Å². The Morgan fingerprint density at radius 3 is 2.78 bits per heavy atom. The SMILES string of the molecule is Cc1nc2cc(N(C)CCC(C)C)c(N)cc2s1. The topological polar surface area (TPSA) is 42.2 Å². The van der Waals surface area contributed by atoms with Gasteiger partial charge in [-0.1, -0.05) is 13.8 Å². The van der Waals surface area contributed by atoms with Crippen LogP contribution in [0.25, 0.3) is 10.2 Å². The van der Waals surface area contributed by atoms with Gasteiger partial charge in [-0.25, -0.2) is 4.98 Å². The second-order valence-corrected chi connectivity index (χ2v) is 6.45. The summed E-state index contributed by atoms with van der Waals surface area (Å²) in [5.41, 5.74) is 9.13. The van der Waals surface area contributed by atoms with Gasteiger partial charge in [0.15, 0.2) is 0 Å². The first-order valence-corrected chi connectivity index (χ1v) is 7.17. The summed E-state index contributed by atoms with van der Waals surface area (Å²) in [5.74, 6) is 0.707. The monoisotopic (exact) mass is 263 g/mol. The fourth-order valence-corrected chi connectivity index (χ4v) is 2.85. The normalized spacial score (nSPS) is 11.4. The van der Waals surface area contributed by atoms with E-state index in [1.54, 1.807) is 11.3 Å². The van der Waals surface area contributed by atoms with Gasteiger partial charge in [-0.05, 0) is 31.4 Å². The van der Waals surface area contributed by atoms with E-state index in [-0.39, 0.29) is 0 Å². The first-order valence-electron chi connectivity index (χ1n) is 6.35. The fraction of sp³-hybridized carbons (Fsp3) is 0.500. The molecule has 0 radical (unpaired) electrons. The summed E-state index contributed by atoms with van der Waals surface area (Å²) in [7, 11) is 2.10. The Hall–Kier alpha value is -1.29. The Kier molecular flexibility index (Phi) is 3.76. The molecule has 2 N–H and O–H groups in total. The number of nitrogens with two attached hydrogens (primary N) is 1. The third kappa shape index (κ3) is 2.75. The van der Waals surface area contributed by atoms with E-state index in [0.717, 1.165) is 28.4 Å². The lowest BCUT2D eigenvalue weighted by atomic mass is 10.1. The number of nitrogen functional groups attached to an aromatic ring is 1. The number of nitrogens with zero attached hydrogens (tertiary/aromatic N) is 2. The number of anilines is 2. The van der Waals surface area contributed by atoms with Crippen LogP contribution < -0.4 is 10.6 Å². The van der Waals surface area contributed by atoms with E-state index in [9.17, 15) is 0 Å². The van der Waals surface area contributed by atoms with Crippen LogP contribution in [0.5, 0.6) is 0 Å². The Morgan fingerprint density at radius 2 is 2.11 bits per heavy atom. The van der Waals surface area contributed by atoms with Crippen LogP contribution >= 0.6 is 11.3 Å². The highest BCUT2D eigenvalue weighted by molar-refractivity contribution is 7.18. The van der Waals surface area contributed by atoms with Crippen LogP contribution in [0.2, 0.25) is 0 Å². The molecule has 2 aromatic rings. The molecule has 1 aromatic heterocycles. The van der Waals surface area contributed by atoms with Gasteiger partial charge in [0.1, 0.15) is 0 Å². The van der Waals surface area contributed by atoms with Crippen molar-refractivity contribution in [3.63, 3.8) is 0 Å². The van der Waals surface area contributed by atoms with E-state index in [1.165, 1.54) is 11.1 Å². The molecule has 0 aliphatic rings. The summed E-state index contributed by atoms with van der Waals surface area (Å²) in [6.45, 7) is 7.54. The van der Waals surface area contributed by atoms with Gasteiger partial charge < -0.3 is 10.6 Å². The predicted molar refractivity (Wildman–Crippen MR) is 81.5 cm³/mol. The van der Waals surface area contributed by atoms with Crippen molar-refractivity contribution in [1.82, 2.24) is 4.98 Å². The number of fused-ring (bicyclic) bond motifs is 1. The molecule has 0 unspecified atom stereocenters. The molecule has 0 fully saturated rings. The van der Waals surface area contributed by atoms with E-state index in [0.29, 0.717) is 5.92 Å². The quantitative estimate of drug-likeness (QED) is 0.856. The van der Waals surface area contributed by atoms with Crippen LogP contribution in [-0.4, -0.2) is 18.6 Å². The number of thiazole rings is 1. The molecular formula is C14H21N3S. The lowest BCUT2D eigenvalue weighted by Gasteiger charge is -2.22. The Morgan fingerprint density at radius 1 is 1.39 bits per heavy atom. The molecule has 0 aliphatic heterocycles. The zero-order chi connectivity index (χ0) is 13.3. The van der Waals surface area contributed by atoms with Crippen LogP contribution in [0.1, 0.15) is 25.3 Å². The maximum Gasteiger partial charge on any atom is 0.0907 e. The van der Waals surface area contributed by atoms with Gasteiger partial charge in [0.05, 0.1) is 26.6 Å². The summed E-state index contributed by atoms with van der Waals surface area (Å²) in [5, 5.41) is 1.09. The van der Waals surface area contributed by atoms with Gasteiger partial charge in [-0.3, -0.25) is 0 Å². The molecule has 1 heterocycles. The van der Waals surface area contributed by atoms with Crippen molar-refractivity contribution in [2.24, 2.45) is 5.92 Å². The van der Waals surface area contributed by atoms with Gasteiger partial charge in [0.2, 0.25) is 0 Å². The molecule has 0 spiro atoms. The minimum atomic E-state index is 0.707. The Balaban J connectivity index is 2.28. The maximum absolute atomic E-state index is 6.14. The van der Waals surface area contributed by atoms with Crippen molar-refractivity contribution < 1.29 is 0 Å². The maximum atomic E-state index is 6.14. The van der Waals surface area contributed by atoms with Gasteiger partial charge in [-0.15, -0.1) is 11.3 Å². The minimum Gasteiger partial charge on any atom is -0.397 e. The van der Waals surface area contributed by atoms with Crippen LogP contribution in [0.4, 0.5) is 11.4 Å². The molecule has 4 heteroatoms. The second-order valence-electron chi connectivity index (χ2n) is 5.22. The first-order chi connectivity index (χ1) is 8.47. The third-order valence-electron chi connectivity index (χ3n) is 3.10. The zero-order valence-corrected chi connectivity index (χ0v) is 12.3. The van der Waals surface area contributed by atoms with E-state index in [2.05, 4.69) is 36.8 Å². The molecule has 0 aliphatic carbocycles. The van der Waals surface area contributed by atoms with E-state index in [4.69, 9.17) is 5.73 Å². The third-order valence-corrected chi connectivity index (χ3v) is 4.03. The summed E-state index contributed by atoms with van der Waals surface area (Å²) in [6, 6.07) is 4.15. The molecule has 3 nitrogen and oxygen atoms in total. The summed E-state index contributed by atoms with van der Waals surface area (Å²) >= 11 is 1.70. The van der Waals surface area contributed by atoms with E-state index < -0.39 is 0 Å². The van der Waals surface area contributed by atoms with E-state index in [1.807, 2.05) is 13.0 Å². The molecule has 0 bridgehead atoms. The van der Waals surface area contributed by atoms with Gasteiger partial charge in [0, 0.05) is 13.6 Å². The lowest BCUT2D eigenvalue weighted by molar-refractivity contribution is 0.585. The number of hydrogen-bond acceptors (Lipinski definition) is 4. The smallest absolute Gasteiger partial charge is 0.0907 e. The molecule has 0 atom stereocenters. The molecule has 0 saturated carbocycles. The van der Waals surface area contributed by atoms with Crippen LogP contribution in [-0.2, 0) is 0 Å². The fourth-order valence-electron chi connectivity index (χ4n) is 2.00. The highest BCUT2D eigenvalue weighted by Gasteiger charge is 2.10. The lowest BCUT2D eigenvalue weighted by Crippen LogP contribution is -2.20. The van der Waals surface area contributed by atoms with Crippen LogP contribution in [0.15, 0.2) is 12.1 Å². The molecule has 18 heavy (non-hydrogen) atoms. The van der Waals surface area contributed by atoms with Crippen LogP contribution in [0, 0.1) is 12.8 Å². The van der Waals surface area contributed by atoms with Gasteiger partial charge in [-0.2, -0.15) is 0 Å². The number of rotatable bonds is 4.